The van der Waals surface area contributed by atoms with Crippen LogP contribution in [0.1, 0.15) is 54.6 Å². The number of carbonyl (C=O) groups is 2. The monoisotopic (exact) mass is 616 g/mol. The van der Waals surface area contributed by atoms with E-state index in [4.69, 9.17) is 0 Å². The van der Waals surface area contributed by atoms with E-state index in [0.717, 1.165) is 16.5 Å². The molecule has 0 aliphatic carbocycles. The Morgan fingerprint density at radius 3 is 2.09 bits per heavy atom. The van der Waals surface area contributed by atoms with Gasteiger partial charge in [0.2, 0.25) is 0 Å². The number of aromatic amines is 1. The van der Waals surface area contributed by atoms with E-state index in [2.05, 4.69) is 10.3 Å². The first kappa shape index (κ1) is 31.3. The van der Waals surface area contributed by atoms with E-state index in [0.29, 0.717) is 55.0 Å². The van der Waals surface area contributed by atoms with Crippen LogP contribution in [0.15, 0.2) is 66.9 Å². The highest BCUT2D eigenvalue weighted by Crippen LogP contribution is 2.39. The van der Waals surface area contributed by atoms with E-state index in [1.165, 1.54) is 11.0 Å². The van der Waals surface area contributed by atoms with Crippen LogP contribution in [-0.2, 0) is 18.8 Å². The Balaban J connectivity index is 1.69. The molecule has 232 valence electrons. The van der Waals surface area contributed by atoms with Gasteiger partial charge in [0.25, 0.3) is 5.91 Å². The largest absolute Gasteiger partial charge is 0.416 e. The third kappa shape index (κ3) is 6.51. The average molecular weight is 617 g/mol. The van der Waals surface area contributed by atoms with Crippen LogP contribution in [-0.4, -0.2) is 66.7 Å². The van der Waals surface area contributed by atoms with Crippen LogP contribution in [0.3, 0.4) is 0 Å². The summed E-state index contributed by atoms with van der Waals surface area (Å²) in [6, 6.07) is 12.1. The van der Waals surface area contributed by atoms with Gasteiger partial charge >= 0.3 is 12.4 Å². The second-order valence-corrected chi connectivity index (χ2v) is 11.0. The number of fused-ring (bicyclic) bond motifs is 1. The van der Waals surface area contributed by atoms with Crippen LogP contribution in [0.25, 0.3) is 10.9 Å². The molecule has 0 saturated carbocycles. The van der Waals surface area contributed by atoms with Gasteiger partial charge in [-0.25, -0.2) is 0 Å². The smallest absolute Gasteiger partial charge is 0.361 e. The maximum Gasteiger partial charge on any atom is 0.416 e. The van der Waals surface area contributed by atoms with E-state index >= 15 is 0 Å². The van der Waals surface area contributed by atoms with Crippen molar-refractivity contribution >= 4 is 22.6 Å². The average Bonchev–Trinajstić information content (AvgIpc) is 3.39. The number of H-pyrrole nitrogens is 1. The lowest BCUT2D eigenvalue weighted by molar-refractivity contribution is -0.143. The Labute approximate surface area is 249 Å². The normalized spacial score (nSPS) is 15.4. The summed E-state index contributed by atoms with van der Waals surface area (Å²) in [7, 11) is 3.18. The number of piperazine rings is 1. The maximum absolute atomic E-state index is 14.2. The van der Waals surface area contributed by atoms with Crippen molar-refractivity contribution in [2.45, 2.75) is 24.8 Å². The number of ketones is 1. The van der Waals surface area contributed by atoms with Crippen LogP contribution >= 0.6 is 0 Å². The van der Waals surface area contributed by atoms with Crippen molar-refractivity contribution in [3.8, 4) is 0 Å². The van der Waals surface area contributed by atoms with Gasteiger partial charge in [0.1, 0.15) is 0 Å². The van der Waals surface area contributed by atoms with Crippen molar-refractivity contribution in [2.24, 2.45) is 0 Å². The Hall–Kier alpha value is -4.16. The third-order valence-corrected chi connectivity index (χ3v) is 7.78. The number of halogens is 6. The number of alkyl halides is 6. The molecule has 1 aliphatic rings. The van der Waals surface area contributed by atoms with Crippen LogP contribution < -0.4 is 5.32 Å². The summed E-state index contributed by atoms with van der Waals surface area (Å²) >= 11 is 0. The molecule has 1 aromatic heterocycles. The highest BCUT2D eigenvalue weighted by molar-refractivity contribution is 6.02. The second kappa shape index (κ2) is 12.1. The standard InChI is InChI=1S/C32H30F6N4O2/c1-41(2)30(44)19-7-8-26(20(13-19)14-22-18-40-27-6-4-3-5-25(22)27)28(42-11-9-39-10-12-42)29(43)21-15-23(31(33,34)35)17-24(16-21)32(36,37)38/h3-8,13,15-18,28,39-40H,9-12,14H2,1-2H3. The predicted octanol–water partition coefficient (Wildman–Crippen LogP) is 6.33. The molecular formula is C32H30F6N4O2. The molecule has 0 spiro atoms. The molecule has 4 aromatic rings. The number of hydrogen-bond acceptors (Lipinski definition) is 4. The van der Waals surface area contributed by atoms with E-state index in [9.17, 15) is 35.9 Å². The topological polar surface area (TPSA) is 68.4 Å². The molecule has 1 atom stereocenters. The first-order valence-electron chi connectivity index (χ1n) is 13.9. The van der Waals surface area contributed by atoms with Crippen LogP contribution in [0.2, 0.25) is 0 Å². The van der Waals surface area contributed by atoms with E-state index in [-0.39, 0.29) is 18.4 Å². The lowest BCUT2D eigenvalue weighted by Gasteiger charge is -2.35. The molecule has 1 unspecified atom stereocenters. The Morgan fingerprint density at radius 2 is 1.48 bits per heavy atom. The number of amides is 1. The fraction of sp³-hybridized carbons (Fsp3) is 0.312. The number of Topliss-reactive ketones (excluding diaryl/α,β-unsaturated/α-hetero) is 1. The molecule has 0 radical (unpaired) electrons. The quantitative estimate of drug-likeness (QED) is 0.188. The summed E-state index contributed by atoms with van der Waals surface area (Å²) in [5, 5.41) is 4.06. The summed E-state index contributed by atoms with van der Waals surface area (Å²) in [4.78, 5) is 33.5. The minimum atomic E-state index is -5.10. The van der Waals surface area contributed by atoms with Crippen molar-refractivity contribution in [2.75, 3.05) is 40.3 Å². The number of nitrogens with zero attached hydrogens (tertiary/aromatic N) is 2. The Bertz CT molecular complexity index is 1650. The molecule has 5 rings (SSSR count). The maximum atomic E-state index is 14.2. The van der Waals surface area contributed by atoms with Gasteiger partial charge in [-0.3, -0.25) is 14.5 Å². The van der Waals surface area contributed by atoms with Crippen LogP contribution in [0.5, 0.6) is 0 Å². The molecule has 1 amide bonds. The second-order valence-electron chi connectivity index (χ2n) is 11.0. The summed E-state index contributed by atoms with van der Waals surface area (Å²) in [6.45, 7) is 1.59. The van der Waals surface area contributed by atoms with Crippen molar-refractivity contribution in [1.82, 2.24) is 20.1 Å². The van der Waals surface area contributed by atoms with Gasteiger partial charge in [0.05, 0.1) is 17.2 Å². The lowest BCUT2D eigenvalue weighted by Crippen LogP contribution is -2.47. The van der Waals surface area contributed by atoms with Crippen molar-refractivity contribution < 1.29 is 35.9 Å². The van der Waals surface area contributed by atoms with Gasteiger partial charge in [0, 0.05) is 68.5 Å². The van der Waals surface area contributed by atoms with Gasteiger partial charge in [-0.2, -0.15) is 26.3 Å². The minimum Gasteiger partial charge on any atom is -0.361 e. The Kier molecular flexibility index (Phi) is 8.59. The zero-order chi connectivity index (χ0) is 31.8. The van der Waals surface area contributed by atoms with E-state index < -0.39 is 40.9 Å². The van der Waals surface area contributed by atoms with Gasteiger partial charge < -0.3 is 15.2 Å². The number of aromatic nitrogens is 1. The van der Waals surface area contributed by atoms with E-state index in [1.54, 1.807) is 37.3 Å². The predicted molar refractivity (Wildman–Crippen MR) is 154 cm³/mol. The number of benzene rings is 3. The van der Waals surface area contributed by atoms with Gasteiger partial charge in [-0.15, -0.1) is 0 Å². The fourth-order valence-corrected chi connectivity index (χ4v) is 5.60. The van der Waals surface area contributed by atoms with E-state index in [1.807, 2.05) is 24.3 Å². The highest BCUT2D eigenvalue weighted by Gasteiger charge is 2.39. The summed E-state index contributed by atoms with van der Waals surface area (Å²) in [5.41, 5.74) is -0.794. The molecule has 2 N–H and O–H groups in total. The first-order valence-corrected chi connectivity index (χ1v) is 13.9. The van der Waals surface area contributed by atoms with Crippen LogP contribution in [0, 0.1) is 0 Å². The molecule has 6 nitrogen and oxygen atoms in total. The molecule has 3 aromatic carbocycles. The first-order chi connectivity index (χ1) is 20.7. The molecular weight excluding hydrogens is 586 g/mol. The van der Waals surface area contributed by atoms with Gasteiger partial charge in [0.15, 0.2) is 5.78 Å². The molecule has 44 heavy (non-hydrogen) atoms. The number of carbonyl (C=O) groups excluding carboxylic acids is 2. The summed E-state index contributed by atoms with van der Waals surface area (Å²) in [5.74, 6) is -1.19. The minimum absolute atomic E-state index is 0.0146. The summed E-state index contributed by atoms with van der Waals surface area (Å²) < 4.78 is 82.4. The molecule has 1 fully saturated rings. The lowest BCUT2D eigenvalue weighted by atomic mass is 9.87. The van der Waals surface area contributed by atoms with Crippen molar-refractivity contribution in [1.29, 1.82) is 0 Å². The third-order valence-electron chi connectivity index (χ3n) is 7.78. The highest BCUT2D eigenvalue weighted by atomic mass is 19.4. The van der Waals surface area contributed by atoms with Gasteiger partial charge in [-0.05, 0) is 59.5 Å². The molecule has 0 bridgehead atoms. The number of nitrogens with one attached hydrogen (secondary N) is 2. The zero-order valence-corrected chi connectivity index (χ0v) is 23.9. The SMILES string of the molecule is CN(C)C(=O)c1ccc(C(C(=O)c2cc(C(F)(F)F)cc(C(F)(F)F)c2)N2CCNCC2)c(Cc2c[nH]c3ccccc23)c1. The number of para-hydroxylation sites is 1. The number of rotatable bonds is 7. The Morgan fingerprint density at radius 1 is 0.841 bits per heavy atom. The molecule has 1 aliphatic heterocycles. The van der Waals surface area contributed by atoms with Gasteiger partial charge in [-0.1, -0.05) is 24.3 Å². The molecule has 2 heterocycles. The molecule has 1 saturated heterocycles. The van der Waals surface area contributed by atoms with Crippen molar-refractivity contribution in [3.05, 3.63) is 106 Å². The zero-order valence-electron chi connectivity index (χ0n) is 23.9. The summed E-state index contributed by atoms with van der Waals surface area (Å²) in [6.07, 6.45) is -8.15. The van der Waals surface area contributed by atoms with Crippen molar-refractivity contribution in [3.63, 3.8) is 0 Å². The number of hydrogen-bond donors (Lipinski definition) is 2. The van der Waals surface area contributed by atoms with Crippen LogP contribution in [0.4, 0.5) is 26.3 Å². The fourth-order valence-electron chi connectivity index (χ4n) is 5.60. The molecule has 12 heteroatoms.